The van der Waals surface area contributed by atoms with Gasteiger partial charge in [0.1, 0.15) is 36.0 Å². The van der Waals surface area contributed by atoms with Crippen LogP contribution in [0.1, 0.15) is 64.6 Å². The molecule has 0 aliphatic heterocycles. The molecule has 0 unspecified atom stereocenters. The molecule has 2 rings (SSSR count). The van der Waals surface area contributed by atoms with E-state index in [1.807, 2.05) is 13.8 Å². The number of nitrogens with two attached hydrogens (primary N) is 3. The van der Waals surface area contributed by atoms with Crippen LogP contribution in [0.4, 0.5) is 0 Å². The lowest BCUT2D eigenvalue weighted by atomic mass is 10.0. The van der Waals surface area contributed by atoms with E-state index >= 15 is 0 Å². The highest BCUT2D eigenvalue weighted by Gasteiger charge is 2.32. The number of phenolic OH excluding ortho intramolecular Hbond substituents is 1. The van der Waals surface area contributed by atoms with Crippen LogP contribution in [0, 0.1) is 5.92 Å². The molecule has 0 aliphatic carbocycles. The van der Waals surface area contributed by atoms with Crippen molar-refractivity contribution in [3.63, 3.8) is 0 Å². The molecular formula is C35H53N11O8S. The van der Waals surface area contributed by atoms with Crippen molar-refractivity contribution in [2.45, 2.75) is 96.4 Å². The maximum Gasteiger partial charge on any atom is 0.243 e. The first-order valence-corrected chi connectivity index (χ1v) is 18.7. The normalized spacial score (nSPS) is 13.6. The molecule has 1 aromatic carbocycles. The summed E-state index contributed by atoms with van der Waals surface area (Å²) < 4.78 is 0. The fourth-order valence-electron chi connectivity index (χ4n) is 5.18. The van der Waals surface area contributed by atoms with Gasteiger partial charge in [-0.15, -0.1) is 0 Å². The molecule has 302 valence electrons. The van der Waals surface area contributed by atoms with E-state index in [0.29, 0.717) is 11.3 Å². The minimum absolute atomic E-state index is 0.00839. The Morgan fingerprint density at radius 1 is 0.818 bits per heavy atom. The number of aromatic amines is 1. The van der Waals surface area contributed by atoms with Crippen molar-refractivity contribution in [1.29, 1.82) is 0 Å². The number of H-pyrrole nitrogens is 1. The number of phenols is 1. The monoisotopic (exact) mass is 787 g/mol. The maximum absolute atomic E-state index is 13.9. The van der Waals surface area contributed by atoms with Gasteiger partial charge in [-0.3, -0.25) is 38.6 Å². The highest BCUT2D eigenvalue weighted by Crippen LogP contribution is 2.14. The number of benzene rings is 1. The number of amides is 6. The van der Waals surface area contributed by atoms with Crippen molar-refractivity contribution in [2.24, 2.45) is 28.1 Å². The Kier molecular flexibility index (Phi) is 19.2. The Morgan fingerprint density at radius 3 is 2.02 bits per heavy atom. The number of imidazole rings is 1. The average molecular weight is 788 g/mol. The topological polar surface area (TPSA) is 319 Å². The molecular weight excluding hydrogens is 735 g/mol. The first kappa shape index (κ1) is 45.5. The summed E-state index contributed by atoms with van der Waals surface area (Å²) >= 11 is 0.827. The van der Waals surface area contributed by atoms with Gasteiger partial charge in [-0.2, -0.15) is 0 Å². The highest BCUT2D eigenvalue weighted by atomic mass is 32.2. The van der Waals surface area contributed by atoms with E-state index in [2.05, 4.69) is 41.5 Å². The molecule has 0 bridgehead atoms. The van der Waals surface area contributed by atoms with Crippen LogP contribution in [0.15, 0.2) is 41.8 Å². The molecule has 0 radical (unpaired) electrons. The summed E-state index contributed by atoms with van der Waals surface area (Å²) in [6, 6.07) is 0.301. The number of thioether (sulfide) groups is 1. The number of aromatic hydroxyl groups is 1. The van der Waals surface area contributed by atoms with Crippen molar-refractivity contribution >= 4 is 58.3 Å². The SMILES string of the molecule is CC(=O)N[C@@H](CC(C)C)C(=O)N[C@@H](Cc1ccc(O)cc1)C(=O)N[C@@H](CCCN=C(N)N)C(=O)N[C@@H](C)C(=O)N[C@@H](Cc1cnc[nH]1)C(=O)SCCC(N)=O. The lowest BCUT2D eigenvalue weighted by molar-refractivity contribution is -0.134. The van der Waals surface area contributed by atoms with E-state index < -0.39 is 70.8 Å². The van der Waals surface area contributed by atoms with Gasteiger partial charge in [-0.1, -0.05) is 37.7 Å². The van der Waals surface area contributed by atoms with Gasteiger partial charge in [0.25, 0.3) is 0 Å². The van der Waals surface area contributed by atoms with Crippen LogP contribution < -0.4 is 43.8 Å². The summed E-state index contributed by atoms with van der Waals surface area (Å²) in [5, 5.41) is 22.5. The van der Waals surface area contributed by atoms with Gasteiger partial charge in [-0.25, -0.2) is 4.98 Å². The number of nitrogens with zero attached hydrogens (tertiary/aromatic N) is 2. The molecule has 1 heterocycles. The predicted molar refractivity (Wildman–Crippen MR) is 206 cm³/mol. The minimum Gasteiger partial charge on any atom is -0.508 e. The number of carbonyl (C=O) groups excluding carboxylic acids is 7. The fourth-order valence-corrected chi connectivity index (χ4v) is 6.03. The number of primary amides is 1. The summed E-state index contributed by atoms with van der Waals surface area (Å²) in [6.45, 7) is 6.53. The molecule has 6 amide bonds. The highest BCUT2D eigenvalue weighted by molar-refractivity contribution is 8.13. The minimum atomic E-state index is -1.25. The number of hydrogen-bond donors (Lipinski definition) is 10. The molecule has 0 fully saturated rings. The van der Waals surface area contributed by atoms with E-state index in [-0.39, 0.29) is 68.4 Å². The Bertz CT molecular complexity index is 1630. The van der Waals surface area contributed by atoms with Crippen LogP contribution in [0.25, 0.3) is 0 Å². The van der Waals surface area contributed by atoms with Crippen LogP contribution in [0.2, 0.25) is 0 Å². The van der Waals surface area contributed by atoms with Crippen molar-refractivity contribution in [2.75, 3.05) is 12.3 Å². The molecule has 55 heavy (non-hydrogen) atoms. The molecule has 0 spiro atoms. The summed E-state index contributed by atoms with van der Waals surface area (Å²) in [5.74, 6) is -3.90. The van der Waals surface area contributed by atoms with Gasteiger partial charge in [0.15, 0.2) is 5.96 Å². The quantitative estimate of drug-likeness (QED) is 0.0353. The second-order valence-corrected chi connectivity index (χ2v) is 14.4. The average Bonchev–Trinajstić information content (AvgIpc) is 3.61. The smallest absolute Gasteiger partial charge is 0.243 e. The molecule has 19 nitrogen and oxygen atoms in total. The van der Waals surface area contributed by atoms with Gasteiger partial charge >= 0.3 is 0 Å². The molecule has 2 aromatic rings. The maximum atomic E-state index is 13.9. The number of carbonyl (C=O) groups is 7. The first-order valence-electron chi connectivity index (χ1n) is 17.7. The summed E-state index contributed by atoms with van der Waals surface area (Å²) in [4.78, 5) is 101. The van der Waals surface area contributed by atoms with Crippen LogP contribution >= 0.6 is 11.8 Å². The van der Waals surface area contributed by atoms with Crippen LogP contribution in [0.3, 0.4) is 0 Å². The molecule has 13 N–H and O–H groups in total. The third-order valence-corrected chi connectivity index (χ3v) is 8.89. The molecule has 0 aliphatic rings. The third-order valence-electron chi connectivity index (χ3n) is 7.91. The zero-order valence-corrected chi connectivity index (χ0v) is 32.2. The number of nitrogens with one attached hydrogen (secondary N) is 6. The number of rotatable bonds is 23. The second kappa shape index (κ2) is 23.2. The molecule has 5 atom stereocenters. The number of aliphatic imine (C=N–C) groups is 1. The molecule has 0 saturated carbocycles. The summed E-state index contributed by atoms with van der Waals surface area (Å²) in [5.41, 5.74) is 17.2. The Hall–Kier alpha value is -5.66. The largest absolute Gasteiger partial charge is 0.508 e. The Labute approximate surface area is 323 Å². The summed E-state index contributed by atoms with van der Waals surface area (Å²) in [7, 11) is 0. The first-order chi connectivity index (χ1) is 25.9. The molecule has 1 aromatic heterocycles. The van der Waals surface area contributed by atoms with Crippen LogP contribution in [-0.2, 0) is 46.4 Å². The van der Waals surface area contributed by atoms with Crippen molar-refractivity contribution < 1.29 is 38.7 Å². The van der Waals surface area contributed by atoms with E-state index in [0.717, 1.165) is 11.8 Å². The van der Waals surface area contributed by atoms with Crippen molar-refractivity contribution in [3.8, 4) is 5.75 Å². The van der Waals surface area contributed by atoms with Crippen LogP contribution in [-0.4, -0.2) is 104 Å². The van der Waals surface area contributed by atoms with Crippen molar-refractivity contribution in [1.82, 2.24) is 36.6 Å². The third kappa shape index (κ3) is 17.8. The number of guanidine groups is 1. The van der Waals surface area contributed by atoms with E-state index in [4.69, 9.17) is 17.2 Å². The predicted octanol–water partition coefficient (Wildman–Crippen LogP) is -1.40. The van der Waals surface area contributed by atoms with Gasteiger partial charge < -0.3 is 53.9 Å². The van der Waals surface area contributed by atoms with Gasteiger partial charge in [-0.05, 0) is 49.8 Å². The van der Waals surface area contributed by atoms with E-state index in [1.54, 1.807) is 12.1 Å². The van der Waals surface area contributed by atoms with Crippen LogP contribution in [0.5, 0.6) is 5.75 Å². The second-order valence-electron chi connectivity index (χ2n) is 13.3. The van der Waals surface area contributed by atoms with Gasteiger partial charge in [0.2, 0.25) is 40.6 Å². The lowest BCUT2D eigenvalue weighted by Gasteiger charge is -2.27. The lowest BCUT2D eigenvalue weighted by Crippen LogP contribution is -2.59. The zero-order chi connectivity index (χ0) is 41.1. The van der Waals surface area contributed by atoms with Gasteiger partial charge in [0.05, 0.1) is 6.33 Å². The molecule has 20 heteroatoms. The number of hydrogen-bond acceptors (Lipinski definition) is 11. The molecule has 0 saturated heterocycles. The van der Waals surface area contributed by atoms with Crippen molar-refractivity contribution in [3.05, 3.63) is 48.0 Å². The Morgan fingerprint density at radius 2 is 1.44 bits per heavy atom. The van der Waals surface area contributed by atoms with E-state index in [1.165, 1.54) is 38.5 Å². The van der Waals surface area contributed by atoms with Gasteiger partial charge in [0, 0.05) is 50.4 Å². The number of aromatic nitrogens is 2. The fraction of sp³-hybridized carbons (Fsp3) is 0.514. The zero-order valence-electron chi connectivity index (χ0n) is 31.4. The standard InChI is InChI=1S/C35H53N11O8S/c1-19(2)14-26(43-21(4)47)32(52)45-27(15-22-7-9-24(48)10-8-22)33(53)44-25(6-5-12-40-35(37)38)31(51)42-20(3)30(50)46-28(16-23-17-39-18-41-23)34(54)55-13-11-29(36)49/h7-10,17-20,25-28,48H,5-6,11-16H2,1-4H3,(H2,36,49)(H,39,41)(H,42,51)(H,43,47)(H,44,53)(H,45,52)(H,46,50)(H4,37,38,40)/t20-,25-,26-,27-,28-/m0/s1. The van der Waals surface area contributed by atoms with E-state index in [9.17, 15) is 38.7 Å². The summed E-state index contributed by atoms with van der Waals surface area (Å²) in [6.07, 6.45) is 3.39. The Balaban J connectivity index is 2.30.